The highest BCUT2D eigenvalue weighted by Gasteiger charge is 2.03. The molecule has 0 N–H and O–H groups in total. The number of hydrogen-bond donors (Lipinski definition) is 0. The minimum absolute atomic E-state index is 0.458. The largest absolute Gasteiger partial charge is 0.102 e. The molecule has 0 amide bonds. The predicted molar refractivity (Wildman–Crippen MR) is 68.0 cm³/mol. The first-order valence-corrected chi connectivity index (χ1v) is 5.71. The molecule has 0 saturated carbocycles. The molecule has 0 aliphatic carbocycles. The molecule has 1 aromatic rings. The Hall–Kier alpha value is -1.30. The molecule has 1 atom stereocenters. The Labute approximate surface area is 93.3 Å². The number of benzene rings is 1. The minimum atomic E-state index is 0.458. The molecule has 0 nitrogen and oxygen atoms in total. The van der Waals surface area contributed by atoms with E-state index in [1.807, 2.05) is 6.08 Å². The number of rotatable bonds is 6. The van der Waals surface area contributed by atoms with Gasteiger partial charge in [0.15, 0.2) is 0 Å². The van der Waals surface area contributed by atoms with Crippen LogP contribution in [0.15, 0.2) is 55.1 Å². The number of unbranched alkanes of at least 4 members (excludes halogenated alkanes) is 1. The molecule has 15 heavy (non-hydrogen) atoms. The van der Waals surface area contributed by atoms with Crippen molar-refractivity contribution in [3.63, 3.8) is 0 Å². The second-order valence-electron chi connectivity index (χ2n) is 3.75. The van der Waals surface area contributed by atoms with E-state index >= 15 is 0 Å². The molecule has 0 aromatic heterocycles. The van der Waals surface area contributed by atoms with Gasteiger partial charge in [-0.2, -0.15) is 0 Å². The van der Waals surface area contributed by atoms with Gasteiger partial charge < -0.3 is 0 Å². The van der Waals surface area contributed by atoms with Crippen molar-refractivity contribution in [1.29, 1.82) is 0 Å². The average molecular weight is 200 g/mol. The Balaban J connectivity index is 2.53. The van der Waals surface area contributed by atoms with Crippen molar-refractivity contribution in [1.82, 2.24) is 0 Å². The van der Waals surface area contributed by atoms with Gasteiger partial charge in [0.25, 0.3) is 0 Å². The van der Waals surface area contributed by atoms with E-state index < -0.39 is 0 Å². The third kappa shape index (κ3) is 4.16. The second kappa shape index (κ2) is 7.05. The molecular weight excluding hydrogens is 180 g/mol. The summed E-state index contributed by atoms with van der Waals surface area (Å²) in [7, 11) is 0. The lowest BCUT2D eigenvalue weighted by molar-refractivity contribution is 0.856. The van der Waals surface area contributed by atoms with Gasteiger partial charge >= 0.3 is 0 Å². The second-order valence-corrected chi connectivity index (χ2v) is 3.75. The first-order chi connectivity index (χ1) is 7.38. The van der Waals surface area contributed by atoms with Crippen molar-refractivity contribution in [2.75, 3.05) is 0 Å². The third-order valence-electron chi connectivity index (χ3n) is 2.52. The van der Waals surface area contributed by atoms with Gasteiger partial charge in [-0.3, -0.25) is 0 Å². The standard InChI is InChI=1S/C15H20/c1-3-5-6-8-11-14(4-2)15-12-9-7-10-13-15/h4,6-10,12-14H,2-3,5,11H2,1H3/b8-6-. The molecule has 0 bridgehead atoms. The van der Waals surface area contributed by atoms with Crippen LogP contribution in [0, 0.1) is 0 Å². The first-order valence-electron chi connectivity index (χ1n) is 5.71. The van der Waals surface area contributed by atoms with E-state index in [1.165, 1.54) is 18.4 Å². The maximum absolute atomic E-state index is 3.90. The Morgan fingerprint density at radius 3 is 2.53 bits per heavy atom. The summed E-state index contributed by atoms with van der Waals surface area (Å²) in [6, 6.07) is 10.6. The summed E-state index contributed by atoms with van der Waals surface area (Å²) in [5.41, 5.74) is 1.36. The van der Waals surface area contributed by atoms with Gasteiger partial charge in [-0.25, -0.2) is 0 Å². The number of allylic oxidation sites excluding steroid dienone is 3. The molecule has 0 radical (unpaired) electrons. The fraction of sp³-hybridized carbons (Fsp3) is 0.333. The lowest BCUT2D eigenvalue weighted by Crippen LogP contribution is -1.92. The van der Waals surface area contributed by atoms with Gasteiger partial charge in [0.2, 0.25) is 0 Å². The summed E-state index contributed by atoms with van der Waals surface area (Å²) in [6.45, 7) is 6.10. The van der Waals surface area contributed by atoms with Crippen molar-refractivity contribution in [2.24, 2.45) is 0 Å². The van der Waals surface area contributed by atoms with E-state index in [9.17, 15) is 0 Å². The molecule has 0 aliphatic rings. The summed E-state index contributed by atoms with van der Waals surface area (Å²) in [4.78, 5) is 0. The maximum atomic E-state index is 3.90. The quantitative estimate of drug-likeness (QED) is 0.584. The summed E-state index contributed by atoms with van der Waals surface area (Å²) < 4.78 is 0. The first kappa shape index (κ1) is 11.8. The van der Waals surface area contributed by atoms with Crippen LogP contribution in [0.4, 0.5) is 0 Å². The zero-order chi connectivity index (χ0) is 10.9. The Kier molecular flexibility index (Phi) is 5.54. The molecule has 0 heteroatoms. The normalized spacial score (nSPS) is 12.9. The van der Waals surface area contributed by atoms with Crippen LogP contribution in [-0.4, -0.2) is 0 Å². The molecule has 0 fully saturated rings. The Bertz CT molecular complexity index is 295. The Morgan fingerprint density at radius 1 is 1.20 bits per heavy atom. The van der Waals surface area contributed by atoms with Crippen LogP contribution in [0.2, 0.25) is 0 Å². The van der Waals surface area contributed by atoms with Crippen LogP contribution >= 0.6 is 0 Å². The van der Waals surface area contributed by atoms with Gasteiger partial charge in [-0.15, -0.1) is 6.58 Å². The van der Waals surface area contributed by atoms with Crippen molar-refractivity contribution in [3.8, 4) is 0 Å². The summed E-state index contributed by atoms with van der Waals surface area (Å²) in [5.74, 6) is 0.458. The Morgan fingerprint density at radius 2 is 1.93 bits per heavy atom. The topological polar surface area (TPSA) is 0 Å². The van der Waals surface area contributed by atoms with Crippen LogP contribution in [0.5, 0.6) is 0 Å². The average Bonchev–Trinajstić information content (AvgIpc) is 2.30. The van der Waals surface area contributed by atoms with Crippen LogP contribution in [0.25, 0.3) is 0 Å². The molecule has 1 unspecified atom stereocenters. The number of hydrogen-bond acceptors (Lipinski definition) is 0. The predicted octanol–water partition coefficient (Wildman–Crippen LogP) is 4.70. The molecule has 1 aromatic carbocycles. The van der Waals surface area contributed by atoms with Crippen molar-refractivity contribution >= 4 is 0 Å². The molecule has 0 saturated heterocycles. The summed E-state index contributed by atoms with van der Waals surface area (Å²) in [5, 5.41) is 0. The van der Waals surface area contributed by atoms with Gasteiger partial charge in [0, 0.05) is 5.92 Å². The smallest absolute Gasteiger partial charge is 0.00498 e. The van der Waals surface area contributed by atoms with E-state index in [0.717, 1.165) is 6.42 Å². The maximum Gasteiger partial charge on any atom is 0.00498 e. The fourth-order valence-corrected chi connectivity index (χ4v) is 1.60. The van der Waals surface area contributed by atoms with Crippen molar-refractivity contribution in [3.05, 3.63) is 60.7 Å². The summed E-state index contributed by atoms with van der Waals surface area (Å²) in [6.07, 6.45) is 10.0. The molecule has 0 aliphatic heterocycles. The van der Waals surface area contributed by atoms with Gasteiger partial charge in [-0.1, -0.05) is 61.9 Å². The van der Waals surface area contributed by atoms with Crippen molar-refractivity contribution < 1.29 is 0 Å². The van der Waals surface area contributed by atoms with Gasteiger partial charge in [0.1, 0.15) is 0 Å². The van der Waals surface area contributed by atoms with Crippen LogP contribution in [-0.2, 0) is 0 Å². The van der Waals surface area contributed by atoms with E-state index in [-0.39, 0.29) is 0 Å². The zero-order valence-electron chi connectivity index (χ0n) is 9.52. The highest BCUT2D eigenvalue weighted by Crippen LogP contribution is 2.20. The zero-order valence-corrected chi connectivity index (χ0v) is 9.52. The SMILES string of the molecule is C=CC(C/C=C\CCC)c1ccccc1. The monoisotopic (exact) mass is 200 g/mol. The molecular formula is C15H20. The van der Waals surface area contributed by atoms with Crippen molar-refractivity contribution in [2.45, 2.75) is 32.1 Å². The molecule has 0 spiro atoms. The van der Waals surface area contributed by atoms with Gasteiger partial charge in [-0.05, 0) is 18.4 Å². The lowest BCUT2D eigenvalue weighted by atomic mass is 9.96. The molecule has 80 valence electrons. The highest BCUT2D eigenvalue weighted by atomic mass is 14.1. The highest BCUT2D eigenvalue weighted by molar-refractivity contribution is 5.23. The third-order valence-corrected chi connectivity index (χ3v) is 2.52. The van der Waals surface area contributed by atoms with Crippen LogP contribution in [0.3, 0.4) is 0 Å². The molecule has 0 heterocycles. The van der Waals surface area contributed by atoms with Crippen LogP contribution in [0.1, 0.15) is 37.7 Å². The minimum Gasteiger partial charge on any atom is -0.102 e. The van der Waals surface area contributed by atoms with Crippen LogP contribution < -0.4 is 0 Å². The van der Waals surface area contributed by atoms with E-state index in [2.05, 4.69) is 56.0 Å². The fourth-order valence-electron chi connectivity index (χ4n) is 1.60. The van der Waals surface area contributed by atoms with E-state index in [0.29, 0.717) is 5.92 Å². The van der Waals surface area contributed by atoms with Gasteiger partial charge in [0.05, 0.1) is 0 Å². The van der Waals surface area contributed by atoms with E-state index in [1.54, 1.807) is 0 Å². The summed E-state index contributed by atoms with van der Waals surface area (Å²) >= 11 is 0. The molecule has 1 rings (SSSR count). The lowest BCUT2D eigenvalue weighted by Gasteiger charge is -2.09. The van der Waals surface area contributed by atoms with E-state index in [4.69, 9.17) is 0 Å².